The number of nitrogen functional groups attached to an aromatic ring is 2. The molecule has 0 saturated carbocycles. The van der Waals surface area contributed by atoms with E-state index in [2.05, 4.69) is 37.8 Å². The van der Waals surface area contributed by atoms with Crippen LogP contribution in [0.2, 0.25) is 0 Å². The highest BCUT2D eigenvalue weighted by molar-refractivity contribution is 6.11. The Balaban J connectivity index is 0.000000543. The van der Waals surface area contributed by atoms with Gasteiger partial charge in [-0.25, -0.2) is 24.5 Å². The van der Waals surface area contributed by atoms with Gasteiger partial charge in [0.25, 0.3) is 17.7 Å². The number of carbonyl (C=O) groups excluding carboxylic acids is 14. The molecule has 630 valence electrons. The molecule has 1 aromatic carbocycles. The lowest BCUT2D eigenvalue weighted by atomic mass is 9.98. The van der Waals surface area contributed by atoms with Crippen molar-refractivity contribution in [1.29, 1.82) is 0 Å². The first-order valence-corrected chi connectivity index (χ1v) is 38.0. The molecule has 5 saturated heterocycles. The number of anilines is 2. The van der Waals surface area contributed by atoms with Crippen molar-refractivity contribution in [3.63, 3.8) is 0 Å². The molecule has 39 heteroatoms. The molecule has 116 heavy (non-hydrogen) atoms. The van der Waals surface area contributed by atoms with Crippen molar-refractivity contribution in [1.82, 2.24) is 70.2 Å². The second kappa shape index (κ2) is 37.4. The molecular weight excluding hydrogens is 1510 g/mol. The summed E-state index contributed by atoms with van der Waals surface area (Å²) in [6, 6.07) is -7.90. The molecule has 6 aliphatic heterocycles. The summed E-state index contributed by atoms with van der Waals surface area (Å²) in [6.07, 6.45) is -1.88. The number of amides is 11. The van der Waals surface area contributed by atoms with Crippen LogP contribution in [0.1, 0.15) is 143 Å². The molecule has 0 unspecified atom stereocenters. The SMILES string of the molecule is C=CC=O.Cc1c2oc3c(C)ccc(C(=O)N[C@@H]4C(=O)N[C@H](C(C)C)C(=O)N5CCC[C@H]5C(=O)N(C)CC(=O)N(C)[C@@H](C(C)C)C(=O)O[C@@H]4C)c3nc-2c(C(=O)N[C@@H]2C(=O)N[C@H](C(C)C)C(=O)N3CCC[C@H]3C(=O)N(C)CC(=O)N(C)[C@@H](C(C)C)C(=O)O[C@@H]2C)c(N)c1=O.NC(=O)c1cn([C@@H]2O[C@H](CO)[C@@H](O)[C@H]2O)c2ncnc(N)c12. The van der Waals surface area contributed by atoms with Gasteiger partial charge in [-0.15, -0.1) is 0 Å². The number of aryl methyl sites for hydroxylation is 1. The molecule has 10 rings (SSSR count). The molecule has 0 spiro atoms. The number of hydrogen-bond donors (Lipinski definition) is 10. The van der Waals surface area contributed by atoms with E-state index in [1.165, 1.54) is 104 Å². The number of fused-ring (bicyclic) bond motifs is 5. The number of aldehydes is 1. The van der Waals surface area contributed by atoms with Crippen molar-refractivity contribution in [3.05, 3.63) is 75.4 Å². The topological polar surface area (TPSA) is 547 Å². The molecule has 2 aromatic heterocycles. The third kappa shape index (κ3) is 18.5. The highest BCUT2D eigenvalue weighted by atomic mass is 16.6. The van der Waals surface area contributed by atoms with Gasteiger partial charge in [0.15, 0.2) is 17.6 Å². The van der Waals surface area contributed by atoms with E-state index in [0.717, 1.165) is 9.80 Å². The van der Waals surface area contributed by atoms with Gasteiger partial charge in [0.2, 0.25) is 52.7 Å². The molecule has 5 fully saturated rings. The van der Waals surface area contributed by atoms with E-state index in [4.69, 9.17) is 50.7 Å². The summed E-state index contributed by atoms with van der Waals surface area (Å²) in [6.45, 7) is 21.0. The zero-order valence-electron chi connectivity index (χ0n) is 67.7. The predicted octanol–water partition coefficient (Wildman–Crippen LogP) is -1.18. The van der Waals surface area contributed by atoms with Crippen molar-refractivity contribution in [2.45, 2.75) is 194 Å². The van der Waals surface area contributed by atoms with E-state index in [-0.39, 0.29) is 76.3 Å². The second-order valence-corrected chi connectivity index (χ2v) is 30.9. The van der Waals surface area contributed by atoms with Crippen LogP contribution < -0.4 is 43.9 Å². The number of aliphatic hydroxyl groups is 3. The number of carbonyl (C=O) groups is 14. The summed E-state index contributed by atoms with van der Waals surface area (Å²) in [5, 5.41) is 40.0. The van der Waals surface area contributed by atoms with Gasteiger partial charge in [0, 0.05) is 53.0 Å². The molecule has 0 bridgehead atoms. The third-order valence-corrected chi connectivity index (χ3v) is 21.3. The van der Waals surface area contributed by atoms with Crippen LogP contribution in [-0.2, 0) is 67.0 Å². The number of benzene rings is 2. The molecule has 3 aromatic rings. The van der Waals surface area contributed by atoms with Gasteiger partial charge in [0.05, 0.1) is 47.5 Å². The first-order chi connectivity index (χ1) is 54.5. The van der Waals surface area contributed by atoms with Gasteiger partial charge in [-0.05, 0) is 94.8 Å². The quantitative estimate of drug-likeness (QED) is 0.0231. The average Bonchev–Trinajstić information content (AvgIpc) is 1.05. The first kappa shape index (κ1) is 90.0. The third-order valence-electron chi connectivity index (χ3n) is 21.3. The highest BCUT2D eigenvalue weighted by Crippen LogP contribution is 2.37. The van der Waals surface area contributed by atoms with Crippen molar-refractivity contribution in [2.24, 2.45) is 29.4 Å². The lowest BCUT2D eigenvalue weighted by Gasteiger charge is -2.36. The number of nitrogens with one attached hydrogen (secondary N) is 4. The molecule has 39 nitrogen and oxygen atoms in total. The minimum Gasteiger partial charge on any atom is -0.458 e. The smallest absolute Gasteiger partial charge is 0.329 e. The Morgan fingerprint density at radius 2 is 1.16 bits per heavy atom. The Kier molecular flexibility index (Phi) is 29.0. The van der Waals surface area contributed by atoms with Crippen LogP contribution in [0.25, 0.3) is 33.6 Å². The van der Waals surface area contributed by atoms with Crippen molar-refractivity contribution < 1.29 is 101 Å². The molecule has 1 aliphatic carbocycles. The van der Waals surface area contributed by atoms with Crippen LogP contribution in [0.4, 0.5) is 11.5 Å². The van der Waals surface area contributed by atoms with E-state index in [0.29, 0.717) is 24.7 Å². The number of primary amides is 1. The summed E-state index contributed by atoms with van der Waals surface area (Å²) >= 11 is 0. The Morgan fingerprint density at radius 3 is 1.59 bits per heavy atom. The maximum absolute atomic E-state index is 15.2. The fourth-order valence-corrected chi connectivity index (χ4v) is 14.9. The fourth-order valence-electron chi connectivity index (χ4n) is 14.9. The molecule has 13 N–H and O–H groups in total. The minimum absolute atomic E-state index is 0.0595. The number of nitrogens with zero attached hydrogens (tertiary/aromatic N) is 10. The van der Waals surface area contributed by atoms with Gasteiger partial charge in [-0.1, -0.05) is 68.0 Å². The number of allylic oxidation sites excluding steroid dienone is 1. The lowest BCUT2D eigenvalue weighted by Crippen LogP contribution is -2.61. The maximum Gasteiger partial charge on any atom is 0.329 e. The average molecular weight is 1620 g/mol. The van der Waals surface area contributed by atoms with E-state index in [9.17, 15) is 67.7 Å². The monoisotopic (exact) mass is 1620 g/mol. The summed E-state index contributed by atoms with van der Waals surface area (Å²) in [4.78, 5) is 228. The normalized spacial score (nSPS) is 25.9. The van der Waals surface area contributed by atoms with E-state index in [1.54, 1.807) is 62.3 Å². The lowest BCUT2D eigenvalue weighted by molar-refractivity contribution is -0.163. The maximum atomic E-state index is 15.2. The number of cyclic esters (lactones) is 2. The van der Waals surface area contributed by atoms with Gasteiger partial charge in [0.1, 0.15) is 114 Å². The van der Waals surface area contributed by atoms with Gasteiger partial charge < -0.3 is 106 Å². The number of aliphatic hydroxyl groups excluding tert-OH is 3. The Bertz CT molecular complexity index is 4690. The summed E-state index contributed by atoms with van der Waals surface area (Å²) in [5.74, 6) is -13.0. The second-order valence-electron chi connectivity index (χ2n) is 30.9. The van der Waals surface area contributed by atoms with Crippen LogP contribution in [-0.4, -0.2) is 287 Å². The van der Waals surface area contributed by atoms with Crippen LogP contribution in [0.5, 0.6) is 0 Å². The Hall–Kier alpha value is -11.6. The number of rotatable bonds is 12. The first-order valence-electron chi connectivity index (χ1n) is 38.0. The summed E-state index contributed by atoms with van der Waals surface area (Å²) in [7, 11) is 5.59. The van der Waals surface area contributed by atoms with Crippen LogP contribution in [0.15, 0.2) is 46.5 Å². The number of likely N-dealkylation sites (N-methyl/N-ethyl adjacent to an activating group) is 4. The summed E-state index contributed by atoms with van der Waals surface area (Å²) in [5.41, 5.74) is 15.0. The van der Waals surface area contributed by atoms with Crippen LogP contribution >= 0.6 is 0 Å². The number of esters is 2. The van der Waals surface area contributed by atoms with Crippen molar-refractivity contribution in [3.8, 4) is 11.5 Å². The number of ether oxygens (including phenoxy) is 3. The number of hydrogen-bond acceptors (Lipinski definition) is 27. The largest absolute Gasteiger partial charge is 0.458 e. The van der Waals surface area contributed by atoms with E-state index < -0.39 is 228 Å². The van der Waals surface area contributed by atoms with Gasteiger partial charge in [-0.3, -0.25) is 62.3 Å². The summed E-state index contributed by atoms with van der Waals surface area (Å²) < 4.78 is 25.1. The van der Waals surface area contributed by atoms with Crippen LogP contribution in [0, 0.1) is 37.5 Å². The Morgan fingerprint density at radius 1 is 0.681 bits per heavy atom. The van der Waals surface area contributed by atoms with Crippen molar-refractivity contribution >= 4 is 117 Å². The van der Waals surface area contributed by atoms with Crippen LogP contribution in [0.3, 0.4) is 0 Å². The highest BCUT2D eigenvalue weighted by Gasteiger charge is 2.48. The standard InChI is InChI=1S/C62H86N12O16.C12H15N5O5.C3H4O/c1-27(2)42-59(84)73-23-17-19-36(73)57(82)69(13)25-38(75)71(15)48(29(5)6)61(86)88-33(11)44(55(80)65-42)67-53(78)35-22-21-31(9)51-46(35)64-47-40(41(63)50(77)32(10)52(47)90-51)54(79)68-45-34(12)89-62(87)49(30(7)8)72(16)39(76)26-70(14)58(83)37-20-18-24-74(37)60(85)43(28(3)4)66-56(45)81;13-9-6-4(10(14)21)1-17(11(6)16-3-15-9)12-8(20)7(19)5(2-18)22-12;1-2-3-4/h21-22,27-30,33-34,36-37,42-45,48-49H,17-20,23-26,63H2,1-16H3,(H,65,80)(H,66,81)(H,67,78)(H,68,79);1,3,5,7-8,12,18-20H,2H2,(H2,14,21)(H2,13,15,16);2-3H,1H2/t33-,34-,36+,37+,42-,43-,44+,45+,48+,49+;5-,7-,8-,12-;/m11./s1. The van der Waals surface area contributed by atoms with Gasteiger partial charge in [-0.2, -0.15) is 0 Å². The zero-order chi connectivity index (χ0) is 86.4. The van der Waals surface area contributed by atoms with Gasteiger partial charge >= 0.3 is 11.9 Å². The molecule has 14 atom stereocenters. The number of aromatic nitrogens is 4. The van der Waals surface area contributed by atoms with E-state index in [1.807, 2.05) is 0 Å². The van der Waals surface area contributed by atoms with E-state index >= 15 is 9.59 Å². The molecule has 7 aliphatic rings. The van der Waals surface area contributed by atoms with Crippen molar-refractivity contribution in [2.75, 3.05) is 72.4 Å². The Labute approximate surface area is 668 Å². The molecule has 8 heterocycles. The zero-order valence-corrected chi connectivity index (χ0v) is 67.7. The molecular formula is C77H105N17O22. The molecule has 11 amide bonds. The predicted molar refractivity (Wildman–Crippen MR) is 415 cm³/mol. The minimum atomic E-state index is -1.88. The fraction of sp³-hybridized carbons (Fsp3) is 0.558. The number of nitrogens with two attached hydrogens (primary N) is 3. The molecule has 0 radical (unpaired) electrons.